The van der Waals surface area contributed by atoms with Crippen LogP contribution in [0, 0.1) is 0 Å². The number of nitrogens with zero attached hydrogens (tertiary/aromatic N) is 1. The maximum Gasteiger partial charge on any atom is 0.344 e. The number of ether oxygens (including phenoxy) is 3. The highest BCUT2D eigenvalue weighted by molar-refractivity contribution is 6.26. The first-order chi connectivity index (χ1) is 10.5. The number of likely N-dealkylation sites (N-methyl/N-ethyl adjacent to an activating group) is 1. The molecule has 0 radical (unpaired) electrons. The minimum absolute atomic E-state index is 0.344. The molecule has 22 heavy (non-hydrogen) atoms. The van der Waals surface area contributed by atoms with Gasteiger partial charge in [-0.1, -0.05) is 6.58 Å². The van der Waals surface area contributed by atoms with Crippen LogP contribution in [0.5, 0.6) is 11.5 Å². The number of esters is 1. The summed E-state index contributed by atoms with van der Waals surface area (Å²) >= 11 is 0. The largest absolute Gasteiger partial charge is 0.493 e. The van der Waals surface area contributed by atoms with E-state index in [2.05, 4.69) is 12.3 Å². The number of fused-ring (bicyclic) bond motifs is 1. The summed E-state index contributed by atoms with van der Waals surface area (Å²) < 4.78 is 15.3. The summed E-state index contributed by atoms with van der Waals surface area (Å²) in [5, 5.41) is 0. The van der Waals surface area contributed by atoms with Crippen molar-refractivity contribution >= 4 is 17.4 Å². The van der Waals surface area contributed by atoms with Crippen molar-refractivity contribution in [1.29, 1.82) is 0 Å². The molecule has 0 aliphatic carbocycles. The van der Waals surface area contributed by atoms with Gasteiger partial charge in [-0.05, 0) is 6.07 Å². The van der Waals surface area contributed by atoms with Gasteiger partial charge in [-0.2, -0.15) is 0 Å². The van der Waals surface area contributed by atoms with Crippen LogP contribution in [0.4, 0.5) is 5.69 Å². The van der Waals surface area contributed by atoms with Crippen LogP contribution in [0.3, 0.4) is 0 Å². The number of anilines is 1. The number of carbonyl (C=O) groups is 2. The normalized spacial score (nSPS) is 19.3. The van der Waals surface area contributed by atoms with E-state index in [1.165, 1.54) is 32.3 Å². The van der Waals surface area contributed by atoms with Gasteiger partial charge >= 0.3 is 5.97 Å². The van der Waals surface area contributed by atoms with Gasteiger partial charge in [-0.3, -0.25) is 4.79 Å². The monoisotopic (exact) mass is 303 g/mol. The van der Waals surface area contributed by atoms with E-state index in [-0.39, 0.29) is 0 Å². The molecule has 116 valence electrons. The van der Waals surface area contributed by atoms with Crippen LogP contribution in [0.1, 0.15) is 10.4 Å². The quantitative estimate of drug-likeness (QED) is 0.478. The van der Waals surface area contributed by atoms with E-state index >= 15 is 0 Å². The Kier molecular flexibility index (Phi) is 3.97. The molecule has 1 aliphatic rings. The molecule has 0 spiro atoms. The standard InChI is InChI=1S/C16H17NO5/c1-6-7-16(15(19)22-5)14(18)10-8-12(20-3)13(21-4)9-11(10)17(16)2/h7-9H,1H2,2-5H3. The number of ketones is 1. The average Bonchev–Trinajstić information content (AvgIpc) is 2.75. The van der Waals surface area contributed by atoms with Crippen molar-refractivity contribution in [3.63, 3.8) is 0 Å². The zero-order chi connectivity index (χ0) is 16.5. The number of hydrogen-bond acceptors (Lipinski definition) is 6. The lowest BCUT2D eigenvalue weighted by Gasteiger charge is -2.29. The smallest absolute Gasteiger partial charge is 0.344 e. The van der Waals surface area contributed by atoms with E-state index in [0.29, 0.717) is 22.7 Å². The zero-order valence-electron chi connectivity index (χ0n) is 12.9. The fraction of sp³-hybridized carbons (Fsp3) is 0.312. The van der Waals surface area contributed by atoms with Crippen molar-refractivity contribution in [2.75, 3.05) is 33.3 Å². The Morgan fingerprint density at radius 2 is 1.86 bits per heavy atom. The maximum absolute atomic E-state index is 12.8. The molecule has 1 aromatic rings. The zero-order valence-corrected chi connectivity index (χ0v) is 12.9. The Labute approximate surface area is 128 Å². The van der Waals surface area contributed by atoms with Gasteiger partial charge in [0, 0.05) is 24.8 Å². The van der Waals surface area contributed by atoms with Gasteiger partial charge in [-0.15, -0.1) is 5.73 Å². The summed E-state index contributed by atoms with van der Waals surface area (Å²) in [5.41, 5.74) is 1.79. The predicted molar refractivity (Wildman–Crippen MR) is 80.7 cm³/mol. The van der Waals surface area contributed by atoms with Crippen LogP contribution in [-0.4, -0.2) is 45.7 Å². The number of hydrogen-bond donors (Lipinski definition) is 0. The van der Waals surface area contributed by atoms with E-state index in [1.54, 1.807) is 19.2 Å². The Bertz CT molecular complexity index is 690. The molecule has 0 saturated carbocycles. The second-order valence-corrected chi connectivity index (χ2v) is 4.72. The van der Waals surface area contributed by atoms with Crippen molar-refractivity contribution in [3.8, 4) is 11.5 Å². The summed E-state index contributed by atoms with van der Waals surface area (Å²) in [6.07, 6.45) is 1.31. The lowest BCUT2D eigenvalue weighted by Crippen LogP contribution is -2.54. The van der Waals surface area contributed by atoms with E-state index in [9.17, 15) is 9.59 Å². The minimum Gasteiger partial charge on any atom is -0.493 e. The van der Waals surface area contributed by atoms with Crippen LogP contribution in [0.25, 0.3) is 0 Å². The van der Waals surface area contributed by atoms with Crippen LogP contribution in [0.15, 0.2) is 30.5 Å². The Balaban J connectivity index is 2.73. The molecule has 1 unspecified atom stereocenters. The van der Waals surface area contributed by atoms with Gasteiger partial charge in [0.05, 0.1) is 27.0 Å². The minimum atomic E-state index is -1.61. The highest BCUT2D eigenvalue weighted by Gasteiger charge is 2.55. The Hall–Kier alpha value is -2.72. The van der Waals surface area contributed by atoms with E-state index in [1.807, 2.05) is 0 Å². The summed E-state index contributed by atoms with van der Waals surface area (Å²) in [5.74, 6) is -0.255. The van der Waals surface area contributed by atoms with E-state index in [0.717, 1.165) is 0 Å². The average molecular weight is 303 g/mol. The molecular formula is C16H17NO5. The van der Waals surface area contributed by atoms with Crippen molar-refractivity contribution in [1.82, 2.24) is 0 Å². The Morgan fingerprint density at radius 3 is 2.36 bits per heavy atom. The first-order valence-corrected chi connectivity index (χ1v) is 6.48. The number of carbonyl (C=O) groups excluding carboxylic acids is 2. The lowest BCUT2D eigenvalue weighted by atomic mass is 9.92. The molecule has 0 fully saturated rings. The van der Waals surface area contributed by atoms with Gasteiger partial charge in [0.1, 0.15) is 0 Å². The van der Waals surface area contributed by atoms with Crippen molar-refractivity contribution in [2.24, 2.45) is 0 Å². The molecule has 0 bridgehead atoms. The first kappa shape index (κ1) is 15.7. The highest BCUT2D eigenvalue weighted by atomic mass is 16.5. The third-order valence-electron chi connectivity index (χ3n) is 3.79. The molecule has 1 aromatic carbocycles. The van der Waals surface area contributed by atoms with Crippen molar-refractivity contribution in [2.45, 2.75) is 5.54 Å². The van der Waals surface area contributed by atoms with E-state index < -0.39 is 17.3 Å². The van der Waals surface area contributed by atoms with Crippen LogP contribution >= 0.6 is 0 Å². The first-order valence-electron chi connectivity index (χ1n) is 6.48. The molecule has 6 nitrogen and oxygen atoms in total. The van der Waals surface area contributed by atoms with Gasteiger partial charge in [0.2, 0.25) is 11.3 Å². The fourth-order valence-electron chi connectivity index (χ4n) is 2.63. The van der Waals surface area contributed by atoms with E-state index in [4.69, 9.17) is 14.2 Å². The molecule has 0 amide bonds. The Morgan fingerprint density at radius 1 is 1.27 bits per heavy atom. The number of Topliss-reactive ketones (excluding diaryl/α,β-unsaturated/α-hetero) is 1. The van der Waals surface area contributed by atoms with Crippen LogP contribution < -0.4 is 14.4 Å². The maximum atomic E-state index is 12.8. The third-order valence-corrected chi connectivity index (χ3v) is 3.79. The summed E-state index contributed by atoms with van der Waals surface area (Å²) in [7, 11) is 5.83. The van der Waals surface area contributed by atoms with Crippen LogP contribution in [-0.2, 0) is 9.53 Å². The molecule has 1 atom stereocenters. The summed E-state index contributed by atoms with van der Waals surface area (Å²) in [4.78, 5) is 26.7. The van der Waals surface area contributed by atoms with Gasteiger partial charge < -0.3 is 19.1 Å². The number of rotatable bonds is 4. The molecule has 0 N–H and O–H groups in total. The van der Waals surface area contributed by atoms with Crippen molar-refractivity contribution in [3.05, 3.63) is 36.1 Å². The van der Waals surface area contributed by atoms with Gasteiger partial charge in [0.25, 0.3) is 0 Å². The van der Waals surface area contributed by atoms with Gasteiger partial charge in [-0.25, -0.2) is 4.79 Å². The van der Waals surface area contributed by atoms with Crippen LogP contribution in [0.2, 0.25) is 0 Å². The summed E-state index contributed by atoms with van der Waals surface area (Å²) in [6.45, 7) is 3.47. The molecule has 1 aliphatic heterocycles. The number of benzene rings is 1. The summed E-state index contributed by atoms with van der Waals surface area (Å²) in [6, 6.07) is 3.20. The van der Waals surface area contributed by atoms with Gasteiger partial charge in [0.15, 0.2) is 11.5 Å². The molecule has 0 aromatic heterocycles. The molecule has 2 rings (SSSR count). The third kappa shape index (κ3) is 1.89. The number of methoxy groups -OCH3 is 3. The predicted octanol–water partition coefficient (Wildman–Crippen LogP) is 1.59. The topological polar surface area (TPSA) is 65.1 Å². The molecular weight excluding hydrogens is 286 g/mol. The lowest BCUT2D eigenvalue weighted by molar-refractivity contribution is -0.143. The highest BCUT2D eigenvalue weighted by Crippen LogP contribution is 2.44. The molecule has 0 saturated heterocycles. The SMILES string of the molecule is C=C=CC1(C(=O)OC)C(=O)c2cc(OC)c(OC)cc2N1C. The fourth-order valence-corrected chi connectivity index (χ4v) is 2.63. The second-order valence-electron chi connectivity index (χ2n) is 4.72. The molecule has 1 heterocycles. The second kappa shape index (κ2) is 5.58. The van der Waals surface area contributed by atoms with Crippen molar-refractivity contribution < 1.29 is 23.8 Å². The molecule has 6 heteroatoms.